The fourth-order valence-corrected chi connectivity index (χ4v) is 2.14. The molecule has 1 amide bonds. The topological polar surface area (TPSA) is 67.6 Å². The summed E-state index contributed by atoms with van der Waals surface area (Å²) in [6.45, 7) is 3.00. The number of halogens is 2. The van der Waals surface area contributed by atoms with Crippen molar-refractivity contribution < 1.29 is 9.53 Å². The lowest BCUT2D eigenvalue weighted by Gasteiger charge is -2.24. The Labute approximate surface area is 129 Å². The number of nitrogens with zero attached hydrogens (tertiary/aromatic N) is 1. The molecule has 0 aliphatic carbocycles. The molecule has 1 aromatic carbocycles. The normalized spacial score (nSPS) is 12.5. The standard InChI is InChI=1S/C13H19Cl2N3O2/c1-8(18(2)4-5-20-3)13(19)17-12-10(15)6-9(14)7-11(12)16/h6-8H,4-5,16H2,1-3H3,(H,17,19). The number of nitrogen functional groups attached to an aromatic ring is 1. The van der Waals surface area contributed by atoms with Crippen LogP contribution in [-0.4, -0.2) is 44.2 Å². The SMILES string of the molecule is COCCN(C)C(C)C(=O)Nc1c(N)cc(Cl)cc1Cl. The molecule has 1 rings (SSSR count). The van der Waals surface area contributed by atoms with Gasteiger partial charge in [-0.15, -0.1) is 0 Å². The van der Waals surface area contributed by atoms with E-state index in [4.69, 9.17) is 33.7 Å². The summed E-state index contributed by atoms with van der Waals surface area (Å²) in [6, 6.07) is 2.74. The zero-order chi connectivity index (χ0) is 15.3. The maximum absolute atomic E-state index is 12.2. The van der Waals surface area contributed by atoms with Gasteiger partial charge >= 0.3 is 0 Å². The number of amides is 1. The molecule has 5 nitrogen and oxygen atoms in total. The molecule has 0 saturated carbocycles. The second-order valence-electron chi connectivity index (χ2n) is 4.49. The smallest absolute Gasteiger partial charge is 0.241 e. The van der Waals surface area contributed by atoms with Gasteiger partial charge in [-0.1, -0.05) is 23.2 Å². The van der Waals surface area contributed by atoms with Crippen molar-refractivity contribution in [1.29, 1.82) is 0 Å². The van der Waals surface area contributed by atoms with E-state index in [1.165, 1.54) is 6.07 Å². The Morgan fingerprint density at radius 3 is 2.70 bits per heavy atom. The van der Waals surface area contributed by atoms with E-state index in [0.29, 0.717) is 34.6 Å². The number of hydrogen-bond acceptors (Lipinski definition) is 4. The van der Waals surface area contributed by atoms with Crippen LogP contribution in [0.3, 0.4) is 0 Å². The third-order valence-electron chi connectivity index (χ3n) is 3.02. The van der Waals surface area contributed by atoms with E-state index in [1.807, 2.05) is 11.9 Å². The second-order valence-corrected chi connectivity index (χ2v) is 5.33. The average Bonchev–Trinajstić information content (AvgIpc) is 2.38. The molecule has 0 spiro atoms. The minimum Gasteiger partial charge on any atom is -0.397 e. The van der Waals surface area contributed by atoms with Gasteiger partial charge < -0.3 is 15.8 Å². The first-order valence-electron chi connectivity index (χ1n) is 6.11. The lowest BCUT2D eigenvalue weighted by molar-refractivity contribution is -0.120. The van der Waals surface area contributed by atoms with Gasteiger partial charge in [0.1, 0.15) is 0 Å². The zero-order valence-corrected chi connectivity index (χ0v) is 13.3. The number of likely N-dealkylation sites (N-methyl/N-ethyl adjacent to an activating group) is 1. The molecule has 0 aliphatic heterocycles. The number of ether oxygens (including phenoxy) is 1. The van der Waals surface area contributed by atoms with Crippen LogP contribution < -0.4 is 11.1 Å². The molecule has 1 aromatic rings. The van der Waals surface area contributed by atoms with Gasteiger partial charge in [-0.25, -0.2) is 0 Å². The van der Waals surface area contributed by atoms with E-state index >= 15 is 0 Å². The molecule has 7 heteroatoms. The van der Waals surface area contributed by atoms with E-state index < -0.39 is 0 Å². The van der Waals surface area contributed by atoms with Crippen LogP contribution in [0.2, 0.25) is 10.0 Å². The van der Waals surface area contributed by atoms with Crippen molar-refractivity contribution in [3.05, 3.63) is 22.2 Å². The first-order chi connectivity index (χ1) is 9.36. The Balaban J connectivity index is 2.75. The summed E-state index contributed by atoms with van der Waals surface area (Å²) in [4.78, 5) is 14.0. The number of benzene rings is 1. The fourth-order valence-electron chi connectivity index (χ4n) is 1.58. The molecule has 0 aromatic heterocycles. The highest BCUT2D eigenvalue weighted by Gasteiger charge is 2.19. The lowest BCUT2D eigenvalue weighted by Crippen LogP contribution is -2.41. The number of nitrogens with one attached hydrogen (secondary N) is 1. The molecule has 1 unspecified atom stereocenters. The summed E-state index contributed by atoms with van der Waals surface area (Å²) in [5.41, 5.74) is 6.53. The Kier molecular flexibility index (Phi) is 6.55. The third-order valence-corrected chi connectivity index (χ3v) is 3.54. The van der Waals surface area contributed by atoms with Crippen LogP contribution in [0.5, 0.6) is 0 Å². The molecule has 20 heavy (non-hydrogen) atoms. The van der Waals surface area contributed by atoms with Gasteiger partial charge in [-0.2, -0.15) is 0 Å². The summed E-state index contributed by atoms with van der Waals surface area (Å²) >= 11 is 11.9. The maximum Gasteiger partial charge on any atom is 0.241 e. The molecule has 3 N–H and O–H groups in total. The number of rotatable bonds is 6. The van der Waals surface area contributed by atoms with Crippen molar-refractivity contribution in [2.75, 3.05) is 38.4 Å². The van der Waals surface area contributed by atoms with Gasteiger partial charge in [0, 0.05) is 18.7 Å². The van der Waals surface area contributed by atoms with Gasteiger partial charge in [0.25, 0.3) is 0 Å². The van der Waals surface area contributed by atoms with Gasteiger partial charge in [-0.3, -0.25) is 9.69 Å². The van der Waals surface area contributed by atoms with Crippen LogP contribution in [0.25, 0.3) is 0 Å². The molecule has 112 valence electrons. The highest BCUT2D eigenvalue weighted by molar-refractivity contribution is 6.37. The quantitative estimate of drug-likeness (QED) is 0.790. The Morgan fingerprint density at radius 2 is 2.15 bits per heavy atom. The summed E-state index contributed by atoms with van der Waals surface area (Å²) in [5, 5.41) is 3.47. The van der Waals surface area contributed by atoms with Gasteiger partial charge in [0.2, 0.25) is 5.91 Å². The maximum atomic E-state index is 12.2. The molecule has 0 saturated heterocycles. The van der Waals surface area contributed by atoms with Crippen LogP contribution in [0.1, 0.15) is 6.92 Å². The highest BCUT2D eigenvalue weighted by atomic mass is 35.5. The van der Waals surface area contributed by atoms with Crippen molar-refractivity contribution in [2.24, 2.45) is 0 Å². The molecule has 0 bridgehead atoms. The zero-order valence-electron chi connectivity index (χ0n) is 11.7. The number of carbonyl (C=O) groups excluding carboxylic acids is 1. The first-order valence-corrected chi connectivity index (χ1v) is 6.87. The number of anilines is 2. The monoisotopic (exact) mass is 319 g/mol. The largest absolute Gasteiger partial charge is 0.397 e. The Morgan fingerprint density at radius 1 is 1.50 bits per heavy atom. The van der Waals surface area contributed by atoms with Gasteiger partial charge in [0.05, 0.1) is 29.0 Å². The molecular formula is C13H19Cl2N3O2. The Hall–Kier alpha value is -1.01. The number of nitrogens with two attached hydrogens (primary N) is 1. The lowest BCUT2D eigenvalue weighted by atomic mass is 10.2. The highest BCUT2D eigenvalue weighted by Crippen LogP contribution is 2.32. The minimum absolute atomic E-state index is 0.195. The molecule has 0 fully saturated rings. The van der Waals surface area contributed by atoms with Crippen molar-refractivity contribution in [3.63, 3.8) is 0 Å². The number of methoxy groups -OCH3 is 1. The summed E-state index contributed by atoms with van der Waals surface area (Å²) in [6.07, 6.45) is 0. The number of carbonyl (C=O) groups is 1. The summed E-state index contributed by atoms with van der Waals surface area (Å²) < 4.78 is 4.98. The predicted molar refractivity (Wildman–Crippen MR) is 83.5 cm³/mol. The molecule has 0 aliphatic rings. The van der Waals surface area contributed by atoms with Crippen LogP contribution in [0.15, 0.2) is 12.1 Å². The van der Waals surface area contributed by atoms with Crippen molar-refractivity contribution in [3.8, 4) is 0 Å². The Bertz CT molecular complexity index is 460. The van der Waals surface area contributed by atoms with Gasteiger partial charge in [-0.05, 0) is 26.1 Å². The molecule has 0 radical (unpaired) electrons. The summed E-state index contributed by atoms with van der Waals surface area (Å²) in [5.74, 6) is -0.195. The van der Waals surface area contributed by atoms with Crippen molar-refractivity contribution in [2.45, 2.75) is 13.0 Å². The van der Waals surface area contributed by atoms with Gasteiger partial charge in [0.15, 0.2) is 0 Å². The first kappa shape index (κ1) is 17.0. The second kappa shape index (κ2) is 7.69. The average molecular weight is 320 g/mol. The molecule has 0 heterocycles. The van der Waals surface area contributed by atoms with E-state index in [9.17, 15) is 4.79 Å². The van der Waals surface area contributed by atoms with E-state index in [-0.39, 0.29) is 11.9 Å². The van der Waals surface area contributed by atoms with Crippen LogP contribution in [0, 0.1) is 0 Å². The summed E-state index contributed by atoms with van der Waals surface area (Å²) in [7, 11) is 3.46. The van der Waals surface area contributed by atoms with E-state index in [0.717, 1.165) is 0 Å². The van der Waals surface area contributed by atoms with Crippen LogP contribution >= 0.6 is 23.2 Å². The minimum atomic E-state index is -0.337. The van der Waals surface area contributed by atoms with Crippen molar-refractivity contribution >= 4 is 40.5 Å². The fraction of sp³-hybridized carbons (Fsp3) is 0.462. The number of hydrogen-bond donors (Lipinski definition) is 2. The third kappa shape index (κ3) is 4.52. The predicted octanol–water partition coefficient (Wildman–Crippen LogP) is 2.48. The molecular weight excluding hydrogens is 301 g/mol. The van der Waals surface area contributed by atoms with Crippen LogP contribution in [0.4, 0.5) is 11.4 Å². The van der Waals surface area contributed by atoms with E-state index in [2.05, 4.69) is 5.32 Å². The molecule has 1 atom stereocenters. The van der Waals surface area contributed by atoms with Crippen molar-refractivity contribution in [1.82, 2.24) is 4.90 Å². The van der Waals surface area contributed by atoms with Crippen LogP contribution in [-0.2, 0) is 9.53 Å². The van der Waals surface area contributed by atoms with E-state index in [1.54, 1.807) is 20.1 Å².